The first-order chi connectivity index (χ1) is 18.3. The molecule has 0 aliphatic carbocycles. The summed E-state index contributed by atoms with van der Waals surface area (Å²) in [5.41, 5.74) is 4.50. The fourth-order valence-corrected chi connectivity index (χ4v) is 4.79. The number of nitrogens with zero attached hydrogens (tertiary/aromatic N) is 5. The van der Waals surface area contributed by atoms with E-state index in [1.54, 1.807) is 11.1 Å². The smallest absolute Gasteiger partial charge is 0.407 e. The summed E-state index contributed by atoms with van der Waals surface area (Å²) in [6, 6.07) is 7.98. The topological polar surface area (TPSA) is 125 Å². The summed E-state index contributed by atoms with van der Waals surface area (Å²) >= 11 is 0. The average Bonchev–Trinajstić information content (AvgIpc) is 3.38. The summed E-state index contributed by atoms with van der Waals surface area (Å²) in [7, 11) is 0. The van der Waals surface area contributed by atoms with Crippen LogP contribution in [0.2, 0.25) is 0 Å². The van der Waals surface area contributed by atoms with Crippen LogP contribution in [0.1, 0.15) is 69.2 Å². The third kappa shape index (κ3) is 6.21. The highest BCUT2D eigenvalue weighted by Gasteiger charge is 2.38. The number of benzene rings is 1. The zero-order chi connectivity index (χ0) is 28.5. The van der Waals surface area contributed by atoms with Gasteiger partial charge in [0.2, 0.25) is 5.89 Å². The van der Waals surface area contributed by atoms with Crippen LogP contribution < -0.4 is 10.2 Å². The predicted octanol–water partition coefficient (Wildman–Crippen LogP) is 4.88. The fraction of sp³-hybridized carbons (Fsp3) is 0.483. The van der Waals surface area contributed by atoms with Crippen molar-refractivity contribution in [3.63, 3.8) is 0 Å². The van der Waals surface area contributed by atoms with Crippen molar-refractivity contribution in [2.75, 3.05) is 24.5 Å². The molecule has 1 aliphatic heterocycles. The van der Waals surface area contributed by atoms with Gasteiger partial charge in [-0.25, -0.2) is 4.79 Å². The Bertz CT molecular complexity index is 1350. The molecule has 10 heteroatoms. The summed E-state index contributed by atoms with van der Waals surface area (Å²) in [6.45, 7) is 16.0. The van der Waals surface area contributed by atoms with Crippen LogP contribution in [0, 0.1) is 12.3 Å². The number of nitrogens with one attached hydrogen (secondary N) is 1. The molecule has 2 N–H and O–H groups in total. The van der Waals surface area contributed by atoms with Crippen molar-refractivity contribution in [1.29, 1.82) is 0 Å². The van der Waals surface area contributed by atoms with Crippen LogP contribution in [0.3, 0.4) is 0 Å². The van der Waals surface area contributed by atoms with Gasteiger partial charge >= 0.3 is 6.09 Å². The minimum atomic E-state index is -0.881. The van der Waals surface area contributed by atoms with E-state index >= 15 is 0 Å². The second kappa shape index (κ2) is 10.7. The van der Waals surface area contributed by atoms with Gasteiger partial charge in [0.25, 0.3) is 11.7 Å². The minimum Gasteiger partial charge on any atom is -0.465 e. The number of hydrogen-bond acceptors (Lipinski definition) is 7. The van der Waals surface area contributed by atoms with E-state index in [-0.39, 0.29) is 28.6 Å². The summed E-state index contributed by atoms with van der Waals surface area (Å²) in [5.74, 6) is 0.0507. The summed E-state index contributed by atoms with van der Waals surface area (Å²) in [5, 5.41) is 16.4. The Labute approximate surface area is 229 Å². The van der Waals surface area contributed by atoms with Gasteiger partial charge in [-0.05, 0) is 35.1 Å². The molecule has 0 bridgehead atoms. The van der Waals surface area contributed by atoms with Crippen molar-refractivity contribution < 1.29 is 19.2 Å². The lowest BCUT2D eigenvalue weighted by Gasteiger charge is -2.47. The van der Waals surface area contributed by atoms with Gasteiger partial charge in [-0.3, -0.25) is 9.78 Å². The van der Waals surface area contributed by atoms with Crippen LogP contribution in [0.5, 0.6) is 0 Å². The Hall–Kier alpha value is -3.95. The zero-order valence-electron chi connectivity index (χ0n) is 23.8. The maximum Gasteiger partial charge on any atom is 0.407 e. The van der Waals surface area contributed by atoms with E-state index in [2.05, 4.69) is 52.2 Å². The standard InChI is InChI=1S/C29H38N6O4/c1-18-14-19(8-9-20(18)15-31-25(36)24-32-26(39-33-24)29(5,6)7)21-10-11-30-16-22(21)34-12-13-35(27(37)38)23(17-34)28(2,3)4/h8-11,14,16,23H,12-13,15,17H2,1-7H3,(H,31,36)(H,37,38). The molecule has 2 aromatic heterocycles. The van der Waals surface area contributed by atoms with Crippen molar-refractivity contribution >= 4 is 17.7 Å². The van der Waals surface area contributed by atoms with Crippen molar-refractivity contribution in [3.05, 3.63) is 59.5 Å². The average molecular weight is 535 g/mol. The molecule has 3 heterocycles. The molecule has 1 fully saturated rings. The second-order valence-corrected chi connectivity index (χ2v) is 12.2. The zero-order valence-corrected chi connectivity index (χ0v) is 23.8. The molecular weight excluding hydrogens is 496 g/mol. The number of carbonyl (C=O) groups is 2. The molecule has 1 aliphatic rings. The molecule has 0 radical (unpaired) electrons. The number of rotatable bonds is 5. The van der Waals surface area contributed by atoms with Gasteiger partial charge in [0.1, 0.15) is 0 Å². The molecule has 39 heavy (non-hydrogen) atoms. The highest BCUT2D eigenvalue weighted by atomic mass is 16.5. The normalized spacial score (nSPS) is 16.3. The third-order valence-corrected chi connectivity index (χ3v) is 7.13. The van der Waals surface area contributed by atoms with Crippen molar-refractivity contribution in [3.8, 4) is 11.1 Å². The fourth-order valence-electron chi connectivity index (χ4n) is 4.79. The van der Waals surface area contributed by atoms with Crippen LogP contribution >= 0.6 is 0 Å². The molecule has 3 aromatic rings. The molecule has 4 rings (SSSR count). The van der Waals surface area contributed by atoms with Crippen LogP contribution in [-0.4, -0.2) is 62.8 Å². The predicted molar refractivity (Wildman–Crippen MR) is 149 cm³/mol. The Kier molecular flexibility index (Phi) is 7.68. The van der Waals surface area contributed by atoms with Gasteiger partial charge in [-0.15, -0.1) is 0 Å². The van der Waals surface area contributed by atoms with E-state index in [4.69, 9.17) is 4.52 Å². The van der Waals surface area contributed by atoms with Gasteiger partial charge in [-0.1, -0.05) is 64.9 Å². The quantitative estimate of drug-likeness (QED) is 0.474. The molecule has 208 valence electrons. The molecular formula is C29H38N6O4. The minimum absolute atomic E-state index is 0.0205. The van der Waals surface area contributed by atoms with Crippen molar-refractivity contribution in [2.24, 2.45) is 5.41 Å². The van der Waals surface area contributed by atoms with Crippen LogP contribution in [0.4, 0.5) is 10.5 Å². The molecule has 1 aromatic carbocycles. The molecule has 0 saturated carbocycles. The first-order valence-electron chi connectivity index (χ1n) is 13.2. The molecule has 2 amide bonds. The van der Waals surface area contributed by atoms with Crippen LogP contribution in [-0.2, 0) is 12.0 Å². The lowest BCUT2D eigenvalue weighted by molar-refractivity contribution is 0.0748. The number of pyridine rings is 1. The summed E-state index contributed by atoms with van der Waals surface area (Å²) in [6.07, 6.45) is 2.74. The lowest BCUT2D eigenvalue weighted by Crippen LogP contribution is -2.59. The van der Waals surface area contributed by atoms with Crippen molar-refractivity contribution in [2.45, 2.75) is 66.5 Å². The number of hydrogen-bond donors (Lipinski definition) is 2. The molecule has 1 atom stereocenters. The maximum absolute atomic E-state index is 12.6. The second-order valence-electron chi connectivity index (χ2n) is 12.2. The highest BCUT2D eigenvalue weighted by Crippen LogP contribution is 2.35. The number of amides is 2. The van der Waals surface area contributed by atoms with E-state index < -0.39 is 6.09 Å². The maximum atomic E-state index is 12.6. The van der Waals surface area contributed by atoms with Gasteiger partial charge in [0, 0.05) is 43.4 Å². The van der Waals surface area contributed by atoms with Gasteiger partial charge < -0.3 is 24.7 Å². The van der Waals surface area contributed by atoms with Gasteiger partial charge in [0.05, 0.1) is 17.9 Å². The van der Waals surface area contributed by atoms with Gasteiger partial charge in [0.15, 0.2) is 0 Å². The number of aryl methyl sites for hydroxylation is 1. The van der Waals surface area contributed by atoms with E-state index in [1.807, 2.05) is 52.1 Å². The Morgan fingerprint density at radius 2 is 1.87 bits per heavy atom. The summed E-state index contributed by atoms with van der Waals surface area (Å²) in [4.78, 5) is 36.9. The SMILES string of the molecule is Cc1cc(-c2ccncc2N2CCN(C(=O)O)C(C(C)(C)C)C2)ccc1CNC(=O)c1noc(C(C)(C)C)n1. The molecule has 0 spiro atoms. The third-order valence-electron chi connectivity index (χ3n) is 7.13. The van der Waals surface area contributed by atoms with E-state index in [1.165, 1.54) is 0 Å². The Morgan fingerprint density at radius 3 is 2.49 bits per heavy atom. The van der Waals surface area contributed by atoms with Crippen LogP contribution in [0.25, 0.3) is 11.1 Å². The number of carboxylic acid groups (broad SMARTS) is 1. The number of piperazine rings is 1. The van der Waals surface area contributed by atoms with Crippen molar-refractivity contribution in [1.82, 2.24) is 25.3 Å². The largest absolute Gasteiger partial charge is 0.465 e. The number of carbonyl (C=O) groups excluding carboxylic acids is 1. The molecule has 1 saturated heterocycles. The van der Waals surface area contributed by atoms with E-state index in [0.29, 0.717) is 32.1 Å². The monoisotopic (exact) mass is 534 g/mol. The highest BCUT2D eigenvalue weighted by molar-refractivity contribution is 5.90. The summed E-state index contributed by atoms with van der Waals surface area (Å²) < 4.78 is 5.23. The number of anilines is 1. The Morgan fingerprint density at radius 1 is 1.13 bits per heavy atom. The molecule has 10 nitrogen and oxygen atoms in total. The van der Waals surface area contributed by atoms with E-state index in [9.17, 15) is 14.7 Å². The lowest BCUT2D eigenvalue weighted by atomic mass is 9.84. The van der Waals surface area contributed by atoms with Gasteiger partial charge in [-0.2, -0.15) is 4.98 Å². The first-order valence-corrected chi connectivity index (χ1v) is 13.2. The Balaban J connectivity index is 1.51. The van der Waals surface area contributed by atoms with E-state index in [0.717, 1.165) is 27.9 Å². The molecule has 1 unspecified atom stereocenters. The first kappa shape index (κ1) is 28.1. The van der Waals surface area contributed by atoms with Crippen LogP contribution in [0.15, 0.2) is 41.2 Å². The number of aromatic nitrogens is 3.